The molecule has 200 valence electrons. The first-order valence-corrected chi connectivity index (χ1v) is 14.2. The number of rotatable bonds is 3. The molecule has 0 aromatic heterocycles. The highest BCUT2D eigenvalue weighted by Crippen LogP contribution is 2.73. The minimum absolute atomic E-state index is 0.0170. The van der Waals surface area contributed by atoms with E-state index in [2.05, 4.69) is 40.7 Å². The molecule has 5 rings (SSSR count). The van der Waals surface area contributed by atoms with Gasteiger partial charge in [-0.05, 0) is 105 Å². The number of aliphatic hydroxyl groups excluding tert-OH is 3. The van der Waals surface area contributed by atoms with Crippen LogP contribution >= 0.6 is 0 Å². The summed E-state index contributed by atoms with van der Waals surface area (Å²) in [5.74, 6) is 1.39. The molecule has 3 saturated carbocycles. The lowest BCUT2D eigenvalue weighted by molar-refractivity contribution is -0.173. The van der Waals surface area contributed by atoms with E-state index in [9.17, 15) is 20.4 Å². The molecule has 1 heterocycles. The first-order chi connectivity index (χ1) is 16.1. The van der Waals surface area contributed by atoms with Crippen molar-refractivity contribution in [3.8, 4) is 0 Å². The van der Waals surface area contributed by atoms with Gasteiger partial charge in [0.05, 0.1) is 17.8 Å². The predicted molar refractivity (Wildman–Crippen MR) is 136 cm³/mol. The standard InChI is InChI=1S/C30H50O5/c1-26(2)22-9-8-20-19(28(22,5)13-12-23(26)31)11-15-29(6)18(10-14-30(20,29)7)17-16-21(35-25(17)33)24(32)27(3,4)34/h8,17-19,21-25,31-34H,9-16H2,1-7H3/t17-,18+,19-,21-,22+,23+,24-,25-,28-,29+,30-/m1/s1. The minimum Gasteiger partial charge on any atom is -0.393 e. The van der Waals surface area contributed by atoms with Gasteiger partial charge in [0.15, 0.2) is 6.29 Å². The van der Waals surface area contributed by atoms with Crippen LogP contribution in [0.5, 0.6) is 0 Å². The second kappa shape index (κ2) is 8.02. The minimum atomic E-state index is -1.26. The van der Waals surface area contributed by atoms with Gasteiger partial charge in [0.1, 0.15) is 6.10 Å². The van der Waals surface area contributed by atoms with E-state index in [4.69, 9.17) is 4.74 Å². The van der Waals surface area contributed by atoms with Gasteiger partial charge in [-0.25, -0.2) is 0 Å². The van der Waals surface area contributed by atoms with E-state index in [1.54, 1.807) is 19.4 Å². The molecule has 11 atom stereocenters. The summed E-state index contributed by atoms with van der Waals surface area (Å²) in [6, 6.07) is 0. The molecule has 1 aliphatic heterocycles. The van der Waals surface area contributed by atoms with Gasteiger partial charge in [0.25, 0.3) is 0 Å². The van der Waals surface area contributed by atoms with Gasteiger partial charge in [-0.2, -0.15) is 0 Å². The van der Waals surface area contributed by atoms with Gasteiger partial charge in [-0.1, -0.05) is 46.3 Å². The van der Waals surface area contributed by atoms with Crippen LogP contribution in [0.3, 0.4) is 0 Å². The van der Waals surface area contributed by atoms with Crippen molar-refractivity contribution < 1.29 is 25.2 Å². The number of hydrogen-bond donors (Lipinski definition) is 4. The number of allylic oxidation sites excluding steroid dienone is 2. The largest absolute Gasteiger partial charge is 0.393 e. The first kappa shape index (κ1) is 26.2. The fourth-order valence-electron chi connectivity index (χ4n) is 10.2. The van der Waals surface area contributed by atoms with Crippen LogP contribution < -0.4 is 0 Å². The van der Waals surface area contributed by atoms with Crippen molar-refractivity contribution in [1.29, 1.82) is 0 Å². The van der Waals surface area contributed by atoms with Crippen molar-refractivity contribution in [2.75, 3.05) is 0 Å². The highest BCUT2D eigenvalue weighted by Gasteiger charge is 2.66. The molecule has 5 aliphatic rings. The number of hydrogen-bond acceptors (Lipinski definition) is 5. The second-order valence-electron chi connectivity index (χ2n) is 14.9. The van der Waals surface area contributed by atoms with Crippen molar-refractivity contribution in [3.05, 3.63) is 11.6 Å². The SMILES string of the molecule is CC(C)(O)[C@H](O)[C@H]1C[C@H]([C@@H]2CC[C@]3(C)C4=CC[C@H]5C(C)(C)[C@@H](O)CC[C@]5(C)[C@@H]4CC[C@@]23C)[C@H](O)O1. The molecule has 5 heteroatoms. The average molecular weight is 491 g/mol. The van der Waals surface area contributed by atoms with Crippen molar-refractivity contribution in [1.82, 2.24) is 0 Å². The zero-order valence-electron chi connectivity index (χ0n) is 23.1. The molecule has 1 saturated heterocycles. The fraction of sp³-hybridized carbons (Fsp3) is 0.933. The molecular formula is C30H50O5. The summed E-state index contributed by atoms with van der Waals surface area (Å²) < 4.78 is 5.87. The van der Waals surface area contributed by atoms with E-state index in [0.29, 0.717) is 24.2 Å². The molecule has 0 bridgehead atoms. The van der Waals surface area contributed by atoms with E-state index in [-0.39, 0.29) is 33.7 Å². The molecule has 0 spiro atoms. The van der Waals surface area contributed by atoms with E-state index in [1.165, 1.54) is 6.42 Å². The quantitative estimate of drug-likeness (QED) is 0.427. The Labute approximate surface area is 212 Å². The molecule has 5 nitrogen and oxygen atoms in total. The lowest BCUT2D eigenvalue weighted by Gasteiger charge is -2.64. The van der Waals surface area contributed by atoms with Crippen LogP contribution in [-0.2, 0) is 4.74 Å². The molecule has 0 unspecified atom stereocenters. The maximum absolute atomic E-state index is 11.0. The topological polar surface area (TPSA) is 90.2 Å². The van der Waals surface area contributed by atoms with Crippen LogP contribution in [0.25, 0.3) is 0 Å². The monoisotopic (exact) mass is 490 g/mol. The average Bonchev–Trinajstić information content (AvgIpc) is 3.26. The van der Waals surface area contributed by atoms with Gasteiger partial charge >= 0.3 is 0 Å². The summed E-state index contributed by atoms with van der Waals surface area (Å²) in [6.45, 7) is 15.2. The van der Waals surface area contributed by atoms with Crippen molar-refractivity contribution in [2.24, 2.45) is 45.3 Å². The molecule has 4 N–H and O–H groups in total. The molecule has 0 radical (unpaired) electrons. The lowest BCUT2D eigenvalue weighted by Crippen LogP contribution is -2.58. The Morgan fingerprint density at radius 3 is 2.34 bits per heavy atom. The van der Waals surface area contributed by atoms with Crippen LogP contribution in [0.15, 0.2) is 11.6 Å². The Morgan fingerprint density at radius 1 is 1.00 bits per heavy atom. The highest BCUT2D eigenvalue weighted by molar-refractivity contribution is 5.33. The van der Waals surface area contributed by atoms with E-state index >= 15 is 0 Å². The summed E-state index contributed by atoms with van der Waals surface area (Å²) in [5, 5.41) is 42.8. The lowest BCUT2D eigenvalue weighted by atomic mass is 9.41. The van der Waals surface area contributed by atoms with Gasteiger partial charge in [0.2, 0.25) is 0 Å². The zero-order valence-corrected chi connectivity index (χ0v) is 23.1. The molecule has 35 heavy (non-hydrogen) atoms. The number of ether oxygens (including phenoxy) is 1. The summed E-state index contributed by atoms with van der Waals surface area (Å²) in [4.78, 5) is 0. The van der Waals surface area contributed by atoms with E-state index in [0.717, 1.165) is 38.5 Å². The van der Waals surface area contributed by atoms with E-state index < -0.39 is 24.1 Å². The van der Waals surface area contributed by atoms with Crippen LogP contribution in [-0.4, -0.2) is 50.6 Å². The first-order valence-electron chi connectivity index (χ1n) is 14.2. The fourth-order valence-corrected chi connectivity index (χ4v) is 10.2. The second-order valence-corrected chi connectivity index (χ2v) is 14.9. The summed E-state index contributed by atoms with van der Waals surface area (Å²) in [6.07, 6.45) is 8.08. The third-order valence-corrected chi connectivity index (χ3v) is 12.7. The Morgan fingerprint density at radius 2 is 1.69 bits per heavy atom. The smallest absolute Gasteiger partial charge is 0.158 e. The normalized spacial score (nSPS) is 52.3. The molecule has 4 fully saturated rings. The number of fused-ring (bicyclic) bond motifs is 5. The van der Waals surface area contributed by atoms with Gasteiger partial charge < -0.3 is 25.2 Å². The van der Waals surface area contributed by atoms with Gasteiger partial charge in [0, 0.05) is 5.92 Å². The Hall–Kier alpha value is -0.460. The summed E-state index contributed by atoms with van der Waals surface area (Å²) >= 11 is 0. The van der Waals surface area contributed by atoms with Gasteiger partial charge in [-0.3, -0.25) is 0 Å². The van der Waals surface area contributed by atoms with Crippen LogP contribution in [0.1, 0.15) is 99.8 Å². The van der Waals surface area contributed by atoms with Crippen LogP contribution in [0.4, 0.5) is 0 Å². The zero-order chi connectivity index (χ0) is 25.8. The third kappa shape index (κ3) is 3.51. The van der Waals surface area contributed by atoms with E-state index in [1.807, 2.05) is 0 Å². The summed E-state index contributed by atoms with van der Waals surface area (Å²) in [5.41, 5.74) is 0.740. The van der Waals surface area contributed by atoms with Crippen molar-refractivity contribution in [2.45, 2.75) is 130 Å². The maximum atomic E-state index is 11.0. The van der Waals surface area contributed by atoms with Gasteiger partial charge in [-0.15, -0.1) is 0 Å². The van der Waals surface area contributed by atoms with Crippen LogP contribution in [0.2, 0.25) is 0 Å². The third-order valence-electron chi connectivity index (χ3n) is 12.7. The Kier molecular flexibility index (Phi) is 6.00. The van der Waals surface area contributed by atoms with Crippen LogP contribution in [0, 0.1) is 45.3 Å². The van der Waals surface area contributed by atoms with Crippen molar-refractivity contribution in [3.63, 3.8) is 0 Å². The highest BCUT2D eigenvalue weighted by atomic mass is 16.6. The predicted octanol–water partition coefficient (Wildman–Crippen LogP) is 4.81. The molecule has 0 aromatic carbocycles. The molecule has 0 amide bonds. The number of aliphatic hydroxyl groups is 4. The van der Waals surface area contributed by atoms with Crippen molar-refractivity contribution >= 4 is 0 Å². The maximum Gasteiger partial charge on any atom is 0.158 e. The molecule has 4 aliphatic carbocycles. The Balaban J connectivity index is 1.44. The molecule has 0 aromatic rings. The Bertz CT molecular complexity index is 874. The summed E-state index contributed by atoms with van der Waals surface area (Å²) in [7, 11) is 0. The molecular weight excluding hydrogens is 440 g/mol.